The van der Waals surface area contributed by atoms with Crippen molar-refractivity contribution in [1.29, 1.82) is 0 Å². The number of rotatable bonds is 2. The fourth-order valence-corrected chi connectivity index (χ4v) is 3.49. The summed E-state index contributed by atoms with van der Waals surface area (Å²) in [6, 6.07) is 0.622. The van der Waals surface area contributed by atoms with Crippen LogP contribution in [-0.4, -0.2) is 47.6 Å². The SMILES string of the molecule is CN1CCCC2CN(c3nc(NN)ncc3F)CCC21. The zero-order valence-electron chi connectivity index (χ0n) is 11.7. The Kier molecular flexibility index (Phi) is 3.71. The van der Waals surface area contributed by atoms with Crippen LogP contribution in [0.3, 0.4) is 0 Å². The molecule has 2 fully saturated rings. The standard InChI is InChI=1S/C13H21FN6/c1-19-5-2-3-9-8-20(6-4-11(9)19)12-10(14)7-16-13(17-12)18-15/h7,9,11H,2-6,8,15H2,1H3,(H,16,17,18). The van der Waals surface area contributed by atoms with Crippen LogP contribution in [0.5, 0.6) is 0 Å². The van der Waals surface area contributed by atoms with E-state index >= 15 is 0 Å². The van der Waals surface area contributed by atoms with Crippen molar-refractivity contribution >= 4 is 11.8 Å². The zero-order valence-corrected chi connectivity index (χ0v) is 11.7. The number of nitrogen functional groups attached to an aromatic ring is 1. The van der Waals surface area contributed by atoms with Gasteiger partial charge >= 0.3 is 0 Å². The molecule has 3 heterocycles. The summed E-state index contributed by atoms with van der Waals surface area (Å²) in [6.45, 7) is 2.85. The van der Waals surface area contributed by atoms with Gasteiger partial charge in [0.05, 0.1) is 6.20 Å². The van der Waals surface area contributed by atoms with Crippen LogP contribution < -0.4 is 16.2 Å². The summed E-state index contributed by atoms with van der Waals surface area (Å²) in [4.78, 5) is 12.4. The number of halogens is 1. The molecule has 0 aromatic carbocycles. The Labute approximate surface area is 118 Å². The summed E-state index contributed by atoms with van der Waals surface area (Å²) in [7, 11) is 2.19. The number of hydrazine groups is 1. The molecule has 2 unspecified atom stereocenters. The van der Waals surface area contributed by atoms with Crippen LogP contribution in [0, 0.1) is 11.7 Å². The zero-order chi connectivity index (χ0) is 14.1. The largest absolute Gasteiger partial charge is 0.354 e. The molecule has 2 atom stereocenters. The van der Waals surface area contributed by atoms with E-state index in [0.29, 0.717) is 17.8 Å². The molecule has 0 amide bonds. The topological polar surface area (TPSA) is 70.3 Å². The highest BCUT2D eigenvalue weighted by molar-refractivity contribution is 5.44. The quantitative estimate of drug-likeness (QED) is 0.617. The average Bonchev–Trinajstić information content (AvgIpc) is 2.48. The highest BCUT2D eigenvalue weighted by Gasteiger charge is 2.35. The van der Waals surface area contributed by atoms with Gasteiger partial charge in [-0.05, 0) is 38.8 Å². The fraction of sp³-hybridized carbons (Fsp3) is 0.692. The molecule has 0 spiro atoms. The Morgan fingerprint density at radius 1 is 1.40 bits per heavy atom. The lowest BCUT2D eigenvalue weighted by molar-refractivity contribution is 0.102. The van der Waals surface area contributed by atoms with Gasteiger partial charge < -0.3 is 9.80 Å². The Morgan fingerprint density at radius 2 is 2.25 bits per heavy atom. The second-order valence-electron chi connectivity index (χ2n) is 5.69. The third-order valence-corrected chi connectivity index (χ3v) is 4.50. The van der Waals surface area contributed by atoms with Crippen LogP contribution in [0.2, 0.25) is 0 Å². The van der Waals surface area contributed by atoms with Gasteiger partial charge in [-0.1, -0.05) is 0 Å². The van der Waals surface area contributed by atoms with Crippen LogP contribution in [-0.2, 0) is 0 Å². The van der Waals surface area contributed by atoms with E-state index in [1.54, 1.807) is 0 Å². The molecule has 6 nitrogen and oxygen atoms in total. The van der Waals surface area contributed by atoms with Gasteiger partial charge in [-0.2, -0.15) is 4.98 Å². The van der Waals surface area contributed by atoms with Crippen LogP contribution in [0.4, 0.5) is 16.2 Å². The summed E-state index contributed by atoms with van der Waals surface area (Å²) >= 11 is 0. The third-order valence-electron chi connectivity index (χ3n) is 4.50. The molecule has 3 rings (SSSR count). The lowest BCUT2D eigenvalue weighted by Gasteiger charge is -2.46. The van der Waals surface area contributed by atoms with E-state index in [2.05, 4.69) is 27.3 Å². The van der Waals surface area contributed by atoms with Gasteiger partial charge in [-0.25, -0.2) is 15.2 Å². The molecule has 1 aromatic heterocycles. The van der Waals surface area contributed by atoms with E-state index in [1.807, 2.05) is 4.90 Å². The maximum atomic E-state index is 13.9. The van der Waals surface area contributed by atoms with Crippen LogP contribution in [0.25, 0.3) is 0 Å². The first-order chi connectivity index (χ1) is 9.69. The third kappa shape index (κ3) is 2.43. The van der Waals surface area contributed by atoms with E-state index in [-0.39, 0.29) is 11.8 Å². The van der Waals surface area contributed by atoms with E-state index < -0.39 is 0 Å². The van der Waals surface area contributed by atoms with Gasteiger partial charge in [0.2, 0.25) is 5.95 Å². The van der Waals surface area contributed by atoms with Gasteiger partial charge in [-0.15, -0.1) is 0 Å². The summed E-state index contributed by atoms with van der Waals surface area (Å²) in [5.74, 6) is 6.12. The second kappa shape index (κ2) is 5.49. The summed E-state index contributed by atoms with van der Waals surface area (Å²) in [5.41, 5.74) is 2.37. The van der Waals surface area contributed by atoms with Crippen molar-refractivity contribution in [2.75, 3.05) is 37.0 Å². The maximum Gasteiger partial charge on any atom is 0.239 e. The smallest absolute Gasteiger partial charge is 0.239 e. The first-order valence-electron chi connectivity index (χ1n) is 7.13. The first kappa shape index (κ1) is 13.5. The number of anilines is 2. The molecule has 20 heavy (non-hydrogen) atoms. The normalized spacial score (nSPS) is 27.2. The molecule has 1 aromatic rings. The van der Waals surface area contributed by atoms with Crippen molar-refractivity contribution in [3.8, 4) is 0 Å². The minimum Gasteiger partial charge on any atom is -0.354 e. The first-order valence-corrected chi connectivity index (χ1v) is 7.13. The van der Waals surface area contributed by atoms with E-state index in [1.165, 1.54) is 25.6 Å². The van der Waals surface area contributed by atoms with Gasteiger partial charge in [-0.3, -0.25) is 5.43 Å². The van der Waals surface area contributed by atoms with Crippen molar-refractivity contribution in [3.63, 3.8) is 0 Å². The minimum atomic E-state index is -0.383. The number of nitrogens with two attached hydrogens (primary N) is 1. The fourth-order valence-electron chi connectivity index (χ4n) is 3.49. The lowest BCUT2D eigenvalue weighted by atomic mass is 9.84. The average molecular weight is 280 g/mol. The second-order valence-corrected chi connectivity index (χ2v) is 5.69. The highest BCUT2D eigenvalue weighted by Crippen LogP contribution is 2.32. The van der Waals surface area contributed by atoms with Gasteiger partial charge in [0.25, 0.3) is 0 Å². The molecule has 3 N–H and O–H groups in total. The molecular weight excluding hydrogens is 259 g/mol. The van der Waals surface area contributed by atoms with Gasteiger partial charge in [0.15, 0.2) is 11.6 Å². The van der Waals surface area contributed by atoms with Crippen LogP contribution >= 0.6 is 0 Å². The maximum absolute atomic E-state index is 13.9. The van der Waals surface area contributed by atoms with Crippen LogP contribution in [0.1, 0.15) is 19.3 Å². The molecule has 2 aliphatic heterocycles. The van der Waals surface area contributed by atoms with E-state index in [9.17, 15) is 4.39 Å². The molecule has 7 heteroatoms. The van der Waals surface area contributed by atoms with Crippen molar-refractivity contribution in [2.45, 2.75) is 25.3 Å². The van der Waals surface area contributed by atoms with E-state index in [4.69, 9.17) is 5.84 Å². The van der Waals surface area contributed by atoms with Gasteiger partial charge in [0.1, 0.15) is 0 Å². The van der Waals surface area contributed by atoms with Gasteiger partial charge in [0, 0.05) is 19.1 Å². The molecule has 110 valence electrons. The molecule has 2 aliphatic rings. The molecular formula is C13H21FN6. The molecule has 0 bridgehead atoms. The Morgan fingerprint density at radius 3 is 3.05 bits per heavy atom. The van der Waals surface area contributed by atoms with Crippen molar-refractivity contribution in [3.05, 3.63) is 12.0 Å². The summed E-state index contributed by atoms with van der Waals surface area (Å²) in [5, 5.41) is 0. The van der Waals surface area contributed by atoms with Crippen molar-refractivity contribution < 1.29 is 4.39 Å². The Hall–Kier alpha value is -1.47. The van der Waals surface area contributed by atoms with Crippen molar-refractivity contribution in [2.24, 2.45) is 11.8 Å². The molecule has 0 saturated carbocycles. The molecule has 2 saturated heterocycles. The number of likely N-dealkylation sites (tertiary alicyclic amines) is 1. The molecule has 0 aliphatic carbocycles. The number of aromatic nitrogens is 2. The Bertz CT molecular complexity index is 482. The number of piperidine rings is 2. The molecule has 0 radical (unpaired) electrons. The van der Waals surface area contributed by atoms with Crippen molar-refractivity contribution in [1.82, 2.24) is 14.9 Å². The Balaban J connectivity index is 1.79. The number of hydrogen-bond donors (Lipinski definition) is 2. The van der Waals surface area contributed by atoms with Crippen LogP contribution in [0.15, 0.2) is 6.20 Å². The number of hydrogen-bond acceptors (Lipinski definition) is 6. The number of fused-ring (bicyclic) bond motifs is 1. The number of nitrogens with zero attached hydrogens (tertiary/aromatic N) is 4. The predicted molar refractivity (Wildman–Crippen MR) is 75.8 cm³/mol. The number of nitrogens with one attached hydrogen (secondary N) is 1. The summed E-state index contributed by atoms with van der Waals surface area (Å²) in [6.07, 6.45) is 4.65. The lowest BCUT2D eigenvalue weighted by Crippen LogP contribution is -2.53. The summed E-state index contributed by atoms with van der Waals surface area (Å²) < 4.78 is 13.9. The minimum absolute atomic E-state index is 0.254. The predicted octanol–water partition coefficient (Wildman–Crippen LogP) is 0.822. The monoisotopic (exact) mass is 280 g/mol. The van der Waals surface area contributed by atoms with E-state index in [0.717, 1.165) is 19.5 Å². The highest BCUT2D eigenvalue weighted by atomic mass is 19.1.